The number of Topliss-reactive ketones (excluding diaryl/α,β-unsaturated/α-hetero) is 1. The lowest BCUT2D eigenvalue weighted by molar-refractivity contribution is -0.161. The van der Waals surface area contributed by atoms with Crippen molar-refractivity contribution in [2.24, 2.45) is 0 Å². The highest BCUT2D eigenvalue weighted by Crippen LogP contribution is 2.35. The highest BCUT2D eigenvalue weighted by atomic mass is 32.2. The zero-order chi connectivity index (χ0) is 17.1. The molecule has 0 spiro atoms. The molecule has 23 heavy (non-hydrogen) atoms. The minimum atomic E-state index is -1.06. The SMILES string of the molecule is COC(=O)C1C2=C(ON1C)C(=O)C=C(SCCNC(C)=O)C2=O. The van der Waals surface area contributed by atoms with Gasteiger partial charge in [0.2, 0.25) is 23.2 Å². The molecule has 124 valence electrons. The first-order valence-corrected chi connectivity index (χ1v) is 7.76. The second-order valence-electron chi connectivity index (χ2n) is 4.84. The first-order chi connectivity index (χ1) is 10.9. The molecule has 1 amide bonds. The molecule has 0 radical (unpaired) electrons. The Bertz CT molecular complexity index is 639. The Morgan fingerprint density at radius 2 is 2.13 bits per heavy atom. The van der Waals surface area contributed by atoms with Gasteiger partial charge in [0.25, 0.3) is 0 Å². The van der Waals surface area contributed by atoms with Crippen molar-refractivity contribution in [3.8, 4) is 0 Å². The molecule has 1 heterocycles. The van der Waals surface area contributed by atoms with Gasteiger partial charge >= 0.3 is 5.97 Å². The second kappa shape index (κ2) is 6.97. The highest BCUT2D eigenvalue weighted by molar-refractivity contribution is 8.04. The second-order valence-corrected chi connectivity index (χ2v) is 5.98. The van der Waals surface area contributed by atoms with Crippen LogP contribution in [0.25, 0.3) is 0 Å². The molecule has 1 unspecified atom stereocenters. The zero-order valence-electron chi connectivity index (χ0n) is 12.9. The van der Waals surface area contributed by atoms with Crippen molar-refractivity contribution in [3.63, 3.8) is 0 Å². The van der Waals surface area contributed by atoms with Gasteiger partial charge in [0.05, 0.1) is 17.6 Å². The fourth-order valence-corrected chi connectivity index (χ4v) is 3.07. The fraction of sp³-hybridized carbons (Fsp3) is 0.429. The summed E-state index contributed by atoms with van der Waals surface area (Å²) in [5.74, 6) is -1.48. The van der Waals surface area contributed by atoms with E-state index >= 15 is 0 Å². The lowest BCUT2D eigenvalue weighted by Gasteiger charge is -2.17. The lowest BCUT2D eigenvalue weighted by Crippen LogP contribution is -2.38. The van der Waals surface area contributed by atoms with Gasteiger partial charge in [-0.3, -0.25) is 14.4 Å². The van der Waals surface area contributed by atoms with Crippen LogP contribution in [0, 0.1) is 0 Å². The number of amides is 1. The molecular weight excluding hydrogens is 324 g/mol. The Morgan fingerprint density at radius 1 is 1.43 bits per heavy atom. The number of carbonyl (C=O) groups excluding carboxylic acids is 4. The van der Waals surface area contributed by atoms with Crippen LogP contribution in [0.1, 0.15) is 6.92 Å². The fourth-order valence-electron chi connectivity index (χ4n) is 2.21. The summed E-state index contributed by atoms with van der Waals surface area (Å²) in [6, 6.07) is -1.06. The molecule has 1 aliphatic carbocycles. The molecule has 0 aromatic carbocycles. The number of likely N-dealkylation sites (N-methyl/N-ethyl adjacent to an activating group) is 1. The third kappa shape index (κ3) is 3.45. The van der Waals surface area contributed by atoms with Crippen LogP contribution < -0.4 is 5.32 Å². The van der Waals surface area contributed by atoms with Gasteiger partial charge in [-0.2, -0.15) is 0 Å². The Kier molecular flexibility index (Phi) is 5.22. The van der Waals surface area contributed by atoms with Crippen molar-refractivity contribution in [1.82, 2.24) is 10.4 Å². The number of rotatable bonds is 5. The van der Waals surface area contributed by atoms with Gasteiger partial charge in [-0.1, -0.05) is 0 Å². The summed E-state index contributed by atoms with van der Waals surface area (Å²) in [5, 5.41) is 3.73. The van der Waals surface area contributed by atoms with Crippen LogP contribution in [0.2, 0.25) is 0 Å². The molecule has 8 nitrogen and oxygen atoms in total. The predicted molar refractivity (Wildman–Crippen MR) is 80.9 cm³/mol. The molecular formula is C14H16N2O6S. The van der Waals surface area contributed by atoms with Crippen molar-refractivity contribution in [2.45, 2.75) is 13.0 Å². The monoisotopic (exact) mass is 340 g/mol. The number of allylic oxidation sites excluding steroid dienone is 2. The van der Waals surface area contributed by atoms with Gasteiger partial charge in [-0.05, 0) is 0 Å². The molecule has 0 aromatic heterocycles. The van der Waals surface area contributed by atoms with Crippen LogP contribution in [0.3, 0.4) is 0 Å². The number of ether oxygens (including phenoxy) is 1. The number of nitrogens with zero attached hydrogens (tertiary/aromatic N) is 1. The summed E-state index contributed by atoms with van der Waals surface area (Å²) in [6.07, 6.45) is 1.19. The normalized spacial score (nSPS) is 20.8. The van der Waals surface area contributed by atoms with E-state index in [9.17, 15) is 19.2 Å². The van der Waals surface area contributed by atoms with E-state index in [1.807, 2.05) is 0 Å². The lowest BCUT2D eigenvalue weighted by atomic mass is 9.96. The van der Waals surface area contributed by atoms with Gasteiger partial charge in [0.15, 0.2) is 6.04 Å². The van der Waals surface area contributed by atoms with E-state index in [0.29, 0.717) is 12.3 Å². The Morgan fingerprint density at radius 3 is 2.74 bits per heavy atom. The zero-order valence-corrected chi connectivity index (χ0v) is 13.7. The maximum absolute atomic E-state index is 12.6. The third-order valence-corrected chi connectivity index (χ3v) is 4.25. The third-order valence-electron chi connectivity index (χ3n) is 3.23. The maximum Gasteiger partial charge on any atom is 0.331 e. The standard InChI is InChI=1S/C14H16N2O6S/c1-7(17)15-4-5-23-9-6-8(18)13-10(12(9)19)11(14(20)21-3)16(2)22-13/h6,11H,4-5H2,1-3H3,(H,15,17). The number of carbonyl (C=O) groups is 4. The van der Waals surface area contributed by atoms with Crippen LogP contribution in [0.4, 0.5) is 0 Å². The molecule has 9 heteroatoms. The van der Waals surface area contributed by atoms with E-state index in [1.54, 1.807) is 0 Å². The molecule has 1 N–H and O–H groups in total. The van der Waals surface area contributed by atoms with E-state index in [0.717, 1.165) is 16.8 Å². The number of esters is 1. The first-order valence-electron chi connectivity index (χ1n) is 6.77. The van der Waals surface area contributed by atoms with Crippen molar-refractivity contribution in [3.05, 3.63) is 22.3 Å². The van der Waals surface area contributed by atoms with E-state index in [1.165, 1.54) is 27.2 Å². The number of hydrogen-bond acceptors (Lipinski definition) is 8. The molecule has 2 rings (SSSR count). The van der Waals surface area contributed by atoms with E-state index in [4.69, 9.17) is 4.84 Å². The van der Waals surface area contributed by atoms with E-state index in [-0.39, 0.29) is 22.1 Å². The minimum Gasteiger partial charge on any atom is -0.467 e. The van der Waals surface area contributed by atoms with E-state index < -0.39 is 23.6 Å². The topological polar surface area (TPSA) is 102 Å². The highest BCUT2D eigenvalue weighted by Gasteiger charge is 2.47. The van der Waals surface area contributed by atoms with Crippen molar-refractivity contribution < 1.29 is 28.8 Å². The molecule has 0 aromatic rings. The summed E-state index contributed by atoms with van der Waals surface area (Å²) < 4.78 is 4.67. The minimum absolute atomic E-state index is 0.00567. The summed E-state index contributed by atoms with van der Waals surface area (Å²) in [4.78, 5) is 52.8. The number of methoxy groups -OCH3 is 1. The van der Waals surface area contributed by atoms with Crippen LogP contribution in [0.5, 0.6) is 0 Å². The van der Waals surface area contributed by atoms with Gasteiger partial charge in [-0.15, -0.1) is 16.8 Å². The number of hydrogen-bond donors (Lipinski definition) is 1. The maximum atomic E-state index is 12.6. The van der Waals surface area contributed by atoms with Crippen molar-refractivity contribution >= 4 is 35.2 Å². The largest absolute Gasteiger partial charge is 0.467 e. The smallest absolute Gasteiger partial charge is 0.331 e. The van der Waals surface area contributed by atoms with Crippen LogP contribution in [-0.2, 0) is 28.8 Å². The molecule has 0 saturated heterocycles. The number of nitrogens with one attached hydrogen (secondary N) is 1. The predicted octanol–water partition coefficient (Wildman–Crippen LogP) is -0.436. The summed E-state index contributed by atoms with van der Waals surface area (Å²) in [5.41, 5.74) is -0.00567. The average molecular weight is 340 g/mol. The summed E-state index contributed by atoms with van der Waals surface area (Å²) in [7, 11) is 2.65. The molecule has 0 fully saturated rings. The van der Waals surface area contributed by atoms with Crippen molar-refractivity contribution in [2.75, 3.05) is 26.5 Å². The van der Waals surface area contributed by atoms with Crippen molar-refractivity contribution in [1.29, 1.82) is 0 Å². The molecule has 1 aliphatic heterocycles. The Balaban J connectivity index is 2.15. The van der Waals surface area contributed by atoms with E-state index in [2.05, 4.69) is 10.1 Å². The summed E-state index contributed by atoms with van der Waals surface area (Å²) in [6.45, 7) is 1.75. The Hall–Kier alpha value is -2.13. The van der Waals surface area contributed by atoms with Crippen LogP contribution in [-0.4, -0.2) is 61.0 Å². The van der Waals surface area contributed by atoms with Crippen LogP contribution >= 0.6 is 11.8 Å². The number of thioether (sulfide) groups is 1. The Labute approximate surface area is 136 Å². The molecule has 2 aliphatic rings. The first kappa shape index (κ1) is 17.2. The van der Waals surface area contributed by atoms with Gasteiger partial charge in [0, 0.05) is 32.3 Å². The quantitative estimate of drug-likeness (QED) is 0.408. The van der Waals surface area contributed by atoms with Crippen LogP contribution in [0.15, 0.2) is 22.3 Å². The van der Waals surface area contributed by atoms with Gasteiger partial charge < -0.3 is 14.9 Å². The number of hydroxylamine groups is 2. The molecule has 0 bridgehead atoms. The number of ketones is 2. The molecule has 1 atom stereocenters. The average Bonchev–Trinajstić information content (AvgIpc) is 2.85. The summed E-state index contributed by atoms with van der Waals surface area (Å²) >= 11 is 1.14. The van der Waals surface area contributed by atoms with Gasteiger partial charge in [-0.25, -0.2) is 4.79 Å². The molecule has 0 saturated carbocycles. The van der Waals surface area contributed by atoms with Gasteiger partial charge in [0.1, 0.15) is 0 Å².